The summed E-state index contributed by atoms with van der Waals surface area (Å²) in [6.45, 7) is 5.80. The van der Waals surface area contributed by atoms with E-state index in [0.717, 1.165) is 26.3 Å². The Hall–Kier alpha value is -0.160. The van der Waals surface area contributed by atoms with Crippen molar-refractivity contribution in [1.29, 1.82) is 0 Å². The van der Waals surface area contributed by atoms with Crippen LogP contribution in [-0.4, -0.2) is 57.5 Å². The molecule has 1 saturated carbocycles. The number of nitrogens with zero attached hydrogens (tertiary/aromatic N) is 1. The third kappa shape index (κ3) is 5.22. The van der Waals surface area contributed by atoms with Gasteiger partial charge in [-0.25, -0.2) is 0 Å². The lowest BCUT2D eigenvalue weighted by Crippen LogP contribution is -2.46. The van der Waals surface area contributed by atoms with Gasteiger partial charge in [-0.2, -0.15) is 0 Å². The first-order valence-electron chi connectivity index (χ1n) is 7.16. The van der Waals surface area contributed by atoms with Crippen molar-refractivity contribution in [1.82, 2.24) is 4.90 Å². The smallest absolute Gasteiger partial charge is 0.0615 e. The molecular weight excluding hydrogens is 228 g/mol. The second-order valence-electron chi connectivity index (χ2n) is 5.50. The molecule has 4 nitrogen and oxygen atoms in total. The predicted molar refractivity (Wildman–Crippen MR) is 74.7 cm³/mol. The molecule has 4 heteroatoms. The zero-order chi connectivity index (χ0) is 13.4. The summed E-state index contributed by atoms with van der Waals surface area (Å²) in [6.07, 6.45) is 5.07. The quantitative estimate of drug-likeness (QED) is 0.716. The summed E-state index contributed by atoms with van der Waals surface area (Å²) in [5.74, 6) is 0.634. The molecule has 18 heavy (non-hydrogen) atoms. The molecule has 0 aromatic rings. The number of methoxy groups -OCH3 is 2. The molecule has 0 saturated heterocycles. The molecule has 0 aromatic carbocycles. The lowest BCUT2D eigenvalue weighted by atomic mass is 9.84. The van der Waals surface area contributed by atoms with Gasteiger partial charge in [0.25, 0.3) is 0 Å². The average molecular weight is 258 g/mol. The molecule has 0 amide bonds. The first-order valence-corrected chi connectivity index (χ1v) is 7.16. The van der Waals surface area contributed by atoms with Gasteiger partial charge in [-0.15, -0.1) is 0 Å². The zero-order valence-electron chi connectivity index (χ0n) is 12.2. The Labute approximate surface area is 112 Å². The van der Waals surface area contributed by atoms with Gasteiger partial charge in [-0.1, -0.05) is 12.8 Å². The van der Waals surface area contributed by atoms with E-state index in [1.165, 1.54) is 25.7 Å². The fourth-order valence-electron chi connectivity index (χ4n) is 2.81. The highest BCUT2D eigenvalue weighted by atomic mass is 16.5. The van der Waals surface area contributed by atoms with Crippen molar-refractivity contribution in [2.24, 2.45) is 11.7 Å². The predicted octanol–water partition coefficient (Wildman–Crippen LogP) is 1.49. The van der Waals surface area contributed by atoms with Crippen molar-refractivity contribution < 1.29 is 9.47 Å². The molecule has 108 valence electrons. The van der Waals surface area contributed by atoms with Crippen molar-refractivity contribution >= 4 is 0 Å². The van der Waals surface area contributed by atoms with Crippen LogP contribution in [0.5, 0.6) is 0 Å². The van der Waals surface area contributed by atoms with Crippen LogP contribution in [-0.2, 0) is 9.47 Å². The van der Waals surface area contributed by atoms with Crippen LogP contribution in [0.25, 0.3) is 0 Å². The first kappa shape index (κ1) is 15.9. The molecular formula is C14H30N2O2. The second kappa shape index (κ2) is 8.86. The Morgan fingerprint density at radius 1 is 1.22 bits per heavy atom. The molecule has 0 bridgehead atoms. The Kier molecular flexibility index (Phi) is 7.82. The van der Waals surface area contributed by atoms with Crippen LogP contribution in [0.15, 0.2) is 0 Å². The van der Waals surface area contributed by atoms with Crippen molar-refractivity contribution in [3.63, 3.8) is 0 Å². The number of hydrogen-bond donors (Lipinski definition) is 1. The van der Waals surface area contributed by atoms with E-state index in [1.807, 2.05) is 0 Å². The van der Waals surface area contributed by atoms with Gasteiger partial charge < -0.3 is 15.2 Å². The van der Waals surface area contributed by atoms with E-state index in [2.05, 4.69) is 11.8 Å². The first-order chi connectivity index (χ1) is 8.69. The SMILES string of the molecule is COCCN(CC1CCCCC1N)C(C)COC. The third-order valence-corrected chi connectivity index (χ3v) is 4.05. The number of ether oxygens (including phenoxy) is 2. The Morgan fingerprint density at radius 2 is 1.94 bits per heavy atom. The summed E-state index contributed by atoms with van der Waals surface area (Å²) in [5, 5.41) is 0. The minimum absolute atomic E-state index is 0.374. The summed E-state index contributed by atoms with van der Waals surface area (Å²) in [4.78, 5) is 2.46. The molecule has 0 radical (unpaired) electrons. The van der Waals surface area contributed by atoms with Crippen LogP contribution < -0.4 is 5.73 Å². The van der Waals surface area contributed by atoms with Gasteiger partial charge >= 0.3 is 0 Å². The van der Waals surface area contributed by atoms with Gasteiger partial charge in [-0.3, -0.25) is 4.90 Å². The van der Waals surface area contributed by atoms with Crippen LogP contribution in [0.2, 0.25) is 0 Å². The minimum atomic E-state index is 0.374. The van der Waals surface area contributed by atoms with Crippen LogP contribution in [0.4, 0.5) is 0 Å². The molecule has 1 aliphatic rings. The van der Waals surface area contributed by atoms with Crippen LogP contribution >= 0.6 is 0 Å². The standard InChI is InChI=1S/C14H30N2O2/c1-12(11-18-3)16(8-9-17-2)10-13-6-4-5-7-14(13)15/h12-14H,4-11,15H2,1-3H3. The van der Waals surface area contributed by atoms with Crippen LogP contribution in [0.3, 0.4) is 0 Å². The number of rotatable bonds is 8. The normalized spacial score (nSPS) is 26.5. The van der Waals surface area contributed by atoms with Gasteiger partial charge in [0, 0.05) is 39.4 Å². The molecule has 0 heterocycles. The van der Waals surface area contributed by atoms with Crippen LogP contribution in [0.1, 0.15) is 32.6 Å². The lowest BCUT2D eigenvalue weighted by molar-refractivity contribution is 0.0574. The third-order valence-electron chi connectivity index (χ3n) is 4.05. The average Bonchev–Trinajstić information content (AvgIpc) is 2.36. The van der Waals surface area contributed by atoms with Crippen molar-refractivity contribution in [2.45, 2.75) is 44.7 Å². The summed E-state index contributed by atoms with van der Waals surface area (Å²) >= 11 is 0. The Bertz CT molecular complexity index is 214. The minimum Gasteiger partial charge on any atom is -0.383 e. The maximum Gasteiger partial charge on any atom is 0.0615 e. The molecule has 1 rings (SSSR count). The highest BCUT2D eigenvalue weighted by molar-refractivity contribution is 4.82. The lowest BCUT2D eigenvalue weighted by Gasteiger charge is -2.36. The zero-order valence-corrected chi connectivity index (χ0v) is 12.2. The highest BCUT2D eigenvalue weighted by Gasteiger charge is 2.25. The van der Waals surface area contributed by atoms with Gasteiger partial charge in [0.1, 0.15) is 0 Å². The van der Waals surface area contributed by atoms with E-state index in [9.17, 15) is 0 Å². The summed E-state index contributed by atoms with van der Waals surface area (Å²) < 4.78 is 10.5. The molecule has 3 atom stereocenters. The van der Waals surface area contributed by atoms with E-state index < -0.39 is 0 Å². The molecule has 2 N–H and O–H groups in total. The number of hydrogen-bond acceptors (Lipinski definition) is 4. The monoisotopic (exact) mass is 258 g/mol. The maximum atomic E-state index is 6.24. The van der Waals surface area contributed by atoms with E-state index in [-0.39, 0.29) is 0 Å². The van der Waals surface area contributed by atoms with E-state index in [1.54, 1.807) is 14.2 Å². The largest absolute Gasteiger partial charge is 0.383 e. The Morgan fingerprint density at radius 3 is 2.56 bits per heavy atom. The number of nitrogens with two attached hydrogens (primary N) is 1. The molecule has 1 aliphatic carbocycles. The molecule has 1 fully saturated rings. The van der Waals surface area contributed by atoms with Gasteiger partial charge in [0.2, 0.25) is 0 Å². The maximum absolute atomic E-state index is 6.24. The fourth-order valence-corrected chi connectivity index (χ4v) is 2.81. The summed E-state index contributed by atoms with van der Waals surface area (Å²) in [5.41, 5.74) is 6.24. The van der Waals surface area contributed by atoms with Gasteiger partial charge in [0.15, 0.2) is 0 Å². The molecule has 0 aromatic heterocycles. The van der Waals surface area contributed by atoms with Crippen molar-refractivity contribution in [2.75, 3.05) is 40.5 Å². The fraction of sp³-hybridized carbons (Fsp3) is 1.00. The molecule has 3 unspecified atom stereocenters. The van der Waals surface area contributed by atoms with Crippen molar-refractivity contribution in [3.8, 4) is 0 Å². The van der Waals surface area contributed by atoms with Crippen LogP contribution in [0, 0.1) is 5.92 Å². The van der Waals surface area contributed by atoms with E-state index in [4.69, 9.17) is 15.2 Å². The van der Waals surface area contributed by atoms with Crippen molar-refractivity contribution in [3.05, 3.63) is 0 Å². The van der Waals surface area contributed by atoms with E-state index >= 15 is 0 Å². The summed E-state index contributed by atoms with van der Waals surface area (Å²) in [7, 11) is 3.52. The second-order valence-corrected chi connectivity index (χ2v) is 5.50. The van der Waals surface area contributed by atoms with Gasteiger partial charge in [-0.05, 0) is 25.7 Å². The molecule has 0 aliphatic heterocycles. The van der Waals surface area contributed by atoms with E-state index in [0.29, 0.717) is 18.0 Å². The topological polar surface area (TPSA) is 47.7 Å². The van der Waals surface area contributed by atoms with Gasteiger partial charge in [0.05, 0.1) is 13.2 Å². The Balaban J connectivity index is 2.47. The summed E-state index contributed by atoms with van der Waals surface area (Å²) in [6, 6.07) is 0.804. The highest BCUT2D eigenvalue weighted by Crippen LogP contribution is 2.24. The molecule has 0 spiro atoms.